The summed E-state index contributed by atoms with van der Waals surface area (Å²) in [5, 5.41) is 1.88. The van der Waals surface area contributed by atoms with Gasteiger partial charge in [0.1, 0.15) is 0 Å². The van der Waals surface area contributed by atoms with Crippen molar-refractivity contribution < 1.29 is 19.1 Å². The third-order valence-corrected chi connectivity index (χ3v) is 6.40. The lowest BCUT2D eigenvalue weighted by atomic mass is 9.86. The van der Waals surface area contributed by atoms with Crippen LogP contribution in [0.2, 0.25) is 0 Å². The molecule has 1 fully saturated rings. The van der Waals surface area contributed by atoms with Crippen LogP contribution in [0.4, 0.5) is 0 Å². The number of likely N-dealkylation sites (tertiary alicyclic amines) is 1. The number of hydrogen-bond donors (Lipinski definition) is 0. The molecule has 1 saturated heterocycles. The van der Waals surface area contributed by atoms with Crippen LogP contribution in [0.3, 0.4) is 0 Å². The zero-order chi connectivity index (χ0) is 21.9. The van der Waals surface area contributed by atoms with Gasteiger partial charge in [0.25, 0.3) is 5.91 Å². The first-order valence-corrected chi connectivity index (χ1v) is 11.2. The van der Waals surface area contributed by atoms with Crippen molar-refractivity contribution >= 4 is 29.0 Å². The summed E-state index contributed by atoms with van der Waals surface area (Å²) in [7, 11) is 0. The molecule has 2 aromatic rings. The molecule has 1 unspecified atom stereocenters. The number of piperidine rings is 1. The number of amides is 1. The van der Waals surface area contributed by atoms with Gasteiger partial charge >= 0.3 is 5.97 Å². The van der Waals surface area contributed by atoms with E-state index in [9.17, 15) is 14.4 Å². The van der Waals surface area contributed by atoms with Gasteiger partial charge in [-0.1, -0.05) is 51.1 Å². The molecule has 0 aliphatic carbocycles. The molecule has 30 heavy (non-hydrogen) atoms. The van der Waals surface area contributed by atoms with Crippen LogP contribution in [0, 0.1) is 5.92 Å². The molecule has 1 amide bonds. The lowest BCUT2D eigenvalue weighted by Crippen LogP contribution is -2.41. The normalized spacial score (nSPS) is 16.2. The Balaban J connectivity index is 1.52. The molecule has 0 saturated carbocycles. The molecule has 0 bridgehead atoms. The van der Waals surface area contributed by atoms with E-state index in [1.165, 1.54) is 11.3 Å². The van der Waals surface area contributed by atoms with E-state index >= 15 is 0 Å². The second kappa shape index (κ2) is 9.13. The minimum Gasteiger partial charge on any atom is -0.454 e. The summed E-state index contributed by atoms with van der Waals surface area (Å²) in [6.07, 6.45) is 0.276. The molecule has 0 spiro atoms. The Morgan fingerprint density at radius 2 is 1.70 bits per heavy atom. The smallest absolute Gasteiger partial charge is 0.309 e. The van der Waals surface area contributed by atoms with Gasteiger partial charge in [-0.25, -0.2) is 0 Å². The number of benzene rings is 1. The van der Waals surface area contributed by atoms with Crippen molar-refractivity contribution in [1.29, 1.82) is 0 Å². The van der Waals surface area contributed by atoms with Crippen LogP contribution < -0.4 is 0 Å². The Kier molecular flexibility index (Phi) is 6.76. The first-order chi connectivity index (χ1) is 14.2. The van der Waals surface area contributed by atoms with Gasteiger partial charge in [-0.15, -0.1) is 11.3 Å². The van der Waals surface area contributed by atoms with E-state index in [-0.39, 0.29) is 29.0 Å². The molecular formula is C24H29NO4S. The van der Waals surface area contributed by atoms with Gasteiger partial charge in [0, 0.05) is 18.7 Å². The standard InChI is InChI=1S/C24H29NO4S/c1-16(21(26)17-7-9-19(10-8-17)24(2,3)4)29-23(28)18-11-13-25(14-12-18)22(27)20-6-5-15-30-20/h5-10,15-16,18H,11-14H2,1-4H3. The molecule has 1 aliphatic heterocycles. The molecule has 1 aliphatic rings. The quantitative estimate of drug-likeness (QED) is 0.512. The third-order valence-electron chi connectivity index (χ3n) is 5.55. The number of carbonyl (C=O) groups excluding carboxylic acids is 3. The third kappa shape index (κ3) is 5.17. The van der Waals surface area contributed by atoms with Gasteiger partial charge in [0.15, 0.2) is 6.10 Å². The van der Waals surface area contributed by atoms with Crippen molar-refractivity contribution in [3.63, 3.8) is 0 Å². The summed E-state index contributed by atoms with van der Waals surface area (Å²) in [5.74, 6) is -0.825. The van der Waals surface area contributed by atoms with Crippen LogP contribution in [-0.2, 0) is 14.9 Å². The highest BCUT2D eigenvalue weighted by atomic mass is 32.1. The Hall–Kier alpha value is -2.47. The number of ketones is 1. The van der Waals surface area contributed by atoms with E-state index in [4.69, 9.17) is 4.74 Å². The lowest BCUT2D eigenvalue weighted by molar-refractivity contribution is -0.152. The molecule has 1 atom stereocenters. The van der Waals surface area contributed by atoms with Gasteiger partial charge < -0.3 is 9.64 Å². The van der Waals surface area contributed by atoms with E-state index in [0.29, 0.717) is 36.4 Å². The summed E-state index contributed by atoms with van der Waals surface area (Å²) < 4.78 is 5.48. The summed E-state index contributed by atoms with van der Waals surface area (Å²) in [4.78, 5) is 40.1. The molecule has 6 heteroatoms. The predicted molar refractivity (Wildman–Crippen MR) is 118 cm³/mol. The van der Waals surface area contributed by atoms with Gasteiger partial charge in [0.2, 0.25) is 5.78 Å². The predicted octanol–water partition coefficient (Wildman–Crippen LogP) is 4.71. The Labute approximate surface area is 182 Å². The minimum absolute atomic E-state index is 0.0130. The van der Waals surface area contributed by atoms with Crippen LogP contribution >= 0.6 is 11.3 Å². The fourth-order valence-electron chi connectivity index (χ4n) is 3.57. The Bertz CT molecular complexity index is 888. The summed E-state index contributed by atoms with van der Waals surface area (Å²) >= 11 is 1.42. The van der Waals surface area contributed by atoms with Gasteiger partial charge in [-0.05, 0) is 42.2 Å². The maximum Gasteiger partial charge on any atom is 0.309 e. The van der Waals surface area contributed by atoms with Crippen molar-refractivity contribution in [2.45, 2.75) is 52.1 Å². The minimum atomic E-state index is -0.830. The maximum absolute atomic E-state index is 12.7. The van der Waals surface area contributed by atoms with Crippen molar-refractivity contribution in [3.8, 4) is 0 Å². The van der Waals surface area contributed by atoms with Crippen molar-refractivity contribution in [2.24, 2.45) is 5.92 Å². The number of esters is 1. The van der Waals surface area contributed by atoms with Crippen LogP contribution in [-0.4, -0.2) is 41.8 Å². The fraction of sp³-hybridized carbons (Fsp3) is 0.458. The number of nitrogens with zero attached hydrogens (tertiary/aromatic N) is 1. The first kappa shape index (κ1) is 22.2. The number of Topliss-reactive ketones (excluding diaryl/α,β-unsaturated/α-hetero) is 1. The molecule has 0 radical (unpaired) electrons. The zero-order valence-corrected chi connectivity index (χ0v) is 18.8. The van der Waals surface area contributed by atoms with Crippen LogP contribution in [0.5, 0.6) is 0 Å². The first-order valence-electron chi connectivity index (χ1n) is 10.3. The van der Waals surface area contributed by atoms with E-state index in [0.717, 1.165) is 5.56 Å². The molecular weight excluding hydrogens is 398 g/mol. The highest BCUT2D eigenvalue weighted by molar-refractivity contribution is 7.12. The fourth-order valence-corrected chi connectivity index (χ4v) is 4.26. The monoisotopic (exact) mass is 427 g/mol. The van der Waals surface area contributed by atoms with Crippen LogP contribution in [0.15, 0.2) is 41.8 Å². The maximum atomic E-state index is 12.7. The van der Waals surface area contributed by atoms with E-state index in [1.54, 1.807) is 24.0 Å². The molecule has 5 nitrogen and oxygen atoms in total. The molecule has 160 valence electrons. The Morgan fingerprint density at radius 3 is 2.23 bits per heavy atom. The number of thiophene rings is 1. The van der Waals surface area contributed by atoms with Crippen LogP contribution in [0.1, 0.15) is 66.1 Å². The topological polar surface area (TPSA) is 63.7 Å². The van der Waals surface area contributed by atoms with Crippen molar-refractivity contribution in [3.05, 3.63) is 57.8 Å². The summed E-state index contributed by atoms with van der Waals surface area (Å²) in [6, 6.07) is 11.2. The number of carbonyl (C=O) groups is 3. The molecule has 1 aromatic carbocycles. The number of ether oxygens (including phenoxy) is 1. The van der Waals surface area contributed by atoms with Crippen molar-refractivity contribution in [2.75, 3.05) is 13.1 Å². The number of rotatable bonds is 5. The van der Waals surface area contributed by atoms with Crippen LogP contribution in [0.25, 0.3) is 0 Å². The highest BCUT2D eigenvalue weighted by Crippen LogP contribution is 2.24. The van der Waals surface area contributed by atoms with Crippen molar-refractivity contribution in [1.82, 2.24) is 4.90 Å². The van der Waals surface area contributed by atoms with E-state index < -0.39 is 6.10 Å². The number of hydrogen-bond acceptors (Lipinski definition) is 5. The van der Waals surface area contributed by atoms with E-state index in [2.05, 4.69) is 20.8 Å². The Morgan fingerprint density at radius 1 is 1.07 bits per heavy atom. The molecule has 2 heterocycles. The second-order valence-corrected chi connectivity index (χ2v) is 9.76. The van der Waals surface area contributed by atoms with Gasteiger partial charge in [0.05, 0.1) is 10.8 Å². The lowest BCUT2D eigenvalue weighted by Gasteiger charge is -2.31. The molecule has 0 N–H and O–H groups in total. The van der Waals surface area contributed by atoms with E-state index in [1.807, 2.05) is 29.6 Å². The zero-order valence-electron chi connectivity index (χ0n) is 18.0. The highest BCUT2D eigenvalue weighted by Gasteiger charge is 2.31. The second-order valence-electron chi connectivity index (χ2n) is 8.81. The van der Waals surface area contributed by atoms with Gasteiger partial charge in [-0.3, -0.25) is 14.4 Å². The largest absolute Gasteiger partial charge is 0.454 e. The summed E-state index contributed by atoms with van der Waals surface area (Å²) in [5.41, 5.74) is 1.70. The molecule has 1 aromatic heterocycles. The summed E-state index contributed by atoms with van der Waals surface area (Å²) in [6.45, 7) is 9.02. The molecule has 3 rings (SSSR count). The average Bonchev–Trinajstić information content (AvgIpc) is 3.27. The van der Waals surface area contributed by atoms with Gasteiger partial charge in [-0.2, -0.15) is 0 Å². The SMILES string of the molecule is CC(OC(=O)C1CCN(C(=O)c2cccs2)CC1)C(=O)c1ccc(C(C)(C)C)cc1. The average molecular weight is 428 g/mol.